The van der Waals surface area contributed by atoms with Gasteiger partial charge in [0, 0.05) is 29.0 Å². The Balaban J connectivity index is 2.93. The summed E-state index contributed by atoms with van der Waals surface area (Å²) in [5, 5.41) is 0. The standard InChI is InChI=1S/C11H8Br4O2/c1-5(2)11(16)17-4-6-3-7(12)9(14)10(15)8(6)13/h3H,1,4H2,2H3. The van der Waals surface area contributed by atoms with Crippen molar-refractivity contribution in [1.29, 1.82) is 0 Å². The average Bonchev–Trinajstić information content (AvgIpc) is 2.28. The van der Waals surface area contributed by atoms with E-state index in [2.05, 4.69) is 70.3 Å². The lowest BCUT2D eigenvalue weighted by atomic mass is 10.2. The van der Waals surface area contributed by atoms with Crippen LogP contribution >= 0.6 is 63.7 Å². The van der Waals surface area contributed by atoms with E-state index in [1.54, 1.807) is 6.92 Å². The smallest absolute Gasteiger partial charge is 0.333 e. The van der Waals surface area contributed by atoms with E-state index in [0.717, 1.165) is 23.5 Å². The number of hydrogen-bond donors (Lipinski definition) is 0. The summed E-state index contributed by atoms with van der Waals surface area (Å²) in [5.41, 5.74) is 1.25. The maximum absolute atomic E-state index is 11.3. The van der Waals surface area contributed by atoms with Gasteiger partial charge in [0.05, 0.1) is 0 Å². The van der Waals surface area contributed by atoms with Crippen molar-refractivity contribution in [2.45, 2.75) is 13.5 Å². The molecule has 0 aromatic heterocycles. The molecule has 0 heterocycles. The summed E-state index contributed by atoms with van der Waals surface area (Å²) in [4.78, 5) is 11.3. The molecule has 0 saturated carbocycles. The molecule has 0 spiro atoms. The molecule has 2 nitrogen and oxygen atoms in total. The lowest BCUT2D eigenvalue weighted by Gasteiger charge is -2.10. The SMILES string of the molecule is C=C(C)C(=O)OCc1cc(Br)c(Br)c(Br)c1Br. The van der Waals surface area contributed by atoms with Crippen molar-refractivity contribution in [1.82, 2.24) is 0 Å². The van der Waals surface area contributed by atoms with Crippen LogP contribution in [0.1, 0.15) is 12.5 Å². The Kier molecular flexibility index (Phi) is 5.89. The Morgan fingerprint density at radius 1 is 1.24 bits per heavy atom. The van der Waals surface area contributed by atoms with Crippen LogP contribution in [0.2, 0.25) is 0 Å². The fourth-order valence-corrected chi connectivity index (χ4v) is 3.21. The summed E-state index contributed by atoms with van der Waals surface area (Å²) in [6.45, 7) is 5.33. The second-order valence-corrected chi connectivity index (χ2v) is 6.55. The lowest BCUT2D eigenvalue weighted by Crippen LogP contribution is -2.05. The molecule has 0 bridgehead atoms. The van der Waals surface area contributed by atoms with Crippen molar-refractivity contribution in [3.63, 3.8) is 0 Å². The number of benzene rings is 1. The number of halogens is 4. The van der Waals surface area contributed by atoms with Crippen molar-refractivity contribution in [3.05, 3.63) is 41.7 Å². The average molecular weight is 492 g/mol. The van der Waals surface area contributed by atoms with Gasteiger partial charge in [-0.25, -0.2) is 4.79 Å². The topological polar surface area (TPSA) is 26.3 Å². The molecule has 0 saturated heterocycles. The Hall–Kier alpha value is 0.350. The fourth-order valence-electron chi connectivity index (χ4n) is 0.993. The number of rotatable bonds is 3. The Bertz CT molecular complexity index is 483. The number of carbonyl (C=O) groups is 1. The van der Waals surface area contributed by atoms with Crippen molar-refractivity contribution in [2.24, 2.45) is 0 Å². The van der Waals surface area contributed by atoms with Crippen LogP contribution < -0.4 is 0 Å². The molecule has 0 radical (unpaired) electrons. The zero-order valence-electron chi connectivity index (χ0n) is 8.82. The second-order valence-electron chi connectivity index (χ2n) is 3.32. The molecular formula is C11H8Br4O2. The van der Waals surface area contributed by atoms with Crippen LogP contribution in [0.4, 0.5) is 0 Å². The Morgan fingerprint density at radius 3 is 2.35 bits per heavy atom. The normalized spacial score (nSPS) is 10.2. The van der Waals surface area contributed by atoms with Gasteiger partial charge in [0.1, 0.15) is 6.61 Å². The number of carbonyl (C=O) groups excluding carboxylic acids is 1. The molecule has 0 unspecified atom stereocenters. The first-order valence-corrected chi connectivity index (χ1v) is 7.66. The summed E-state index contributed by atoms with van der Waals surface area (Å²) >= 11 is 13.7. The van der Waals surface area contributed by atoms with E-state index in [1.165, 1.54) is 0 Å². The quantitative estimate of drug-likeness (QED) is 0.246. The molecule has 1 aromatic carbocycles. The second kappa shape index (κ2) is 6.50. The molecule has 6 heteroatoms. The predicted octanol–water partition coefficient (Wildman–Crippen LogP) is 5.36. The van der Waals surface area contributed by atoms with Gasteiger partial charge in [-0.1, -0.05) is 6.58 Å². The molecule has 1 aromatic rings. The van der Waals surface area contributed by atoms with Gasteiger partial charge in [0.15, 0.2) is 0 Å². The maximum atomic E-state index is 11.3. The van der Waals surface area contributed by atoms with Crippen molar-refractivity contribution in [2.75, 3.05) is 0 Å². The molecular weight excluding hydrogens is 484 g/mol. The highest BCUT2D eigenvalue weighted by Gasteiger charge is 2.13. The van der Waals surface area contributed by atoms with Crippen molar-refractivity contribution in [3.8, 4) is 0 Å². The van der Waals surface area contributed by atoms with Gasteiger partial charge >= 0.3 is 5.97 Å². The van der Waals surface area contributed by atoms with Crippen LogP contribution in [0, 0.1) is 0 Å². The molecule has 0 aliphatic rings. The number of hydrogen-bond acceptors (Lipinski definition) is 2. The Morgan fingerprint density at radius 2 is 1.82 bits per heavy atom. The predicted molar refractivity (Wildman–Crippen MR) is 81.9 cm³/mol. The highest BCUT2D eigenvalue weighted by molar-refractivity contribution is 9.15. The van der Waals surface area contributed by atoms with E-state index < -0.39 is 5.97 Å². The summed E-state index contributed by atoms with van der Waals surface area (Å²) in [7, 11) is 0. The van der Waals surface area contributed by atoms with Crippen LogP contribution in [-0.4, -0.2) is 5.97 Å². The molecule has 0 aliphatic carbocycles. The minimum Gasteiger partial charge on any atom is -0.457 e. The summed E-state index contributed by atoms with van der Waals surface area (Å²) in [6, 6.07) is 1.88. The maximum Gasteiger partial charge on any atom is 0.333 e. The van der Waals surface area contributed by atoms with E-state index in [1.807, 2.05) is 6.07 Å². The first-order valence-electron chi connectivity index (χ1n) is 4.49. The molecule has 0 amide bonds. The van der Waals surface area contributed by atoms with Gasteiger partial charge in [-0.05, 0) is 76.7 Å². The van der Waals surface area contributed by atoms with Crippen LogP contribution in [0.25, 0.3) is 0 Å². The van der Waals surface area contributed by atoms with Crippen LogP contribution in [0.3, 0.4) is 0 Å². The van der Waals surface area contributed by atoms with Gasteiger partial charge < -0.3 is 4.74 Å². The van der Waals surface area contributed by atoms with Crippen molar-refractivity contribution < 1.29 is 9.53 Å². The van der Waals surface area contributed by atoms with Gasteiger partial charge in [0.25, 0.3) is 0 Å². The van der Waals surface area contributed by atoms with Gasteiger partial charge in [0.2, 0.25) is 0 Å². The van der Waals surface area contributed by atoms with Gasteiger partial charge in [-0.3, -0.25) is 0 Å². The van der Waals surface area contributed by atoms with Crippen LogP contribution in [0.15, 0.2) is 36.1 Å². The third-order valence-electron chi connectivity index (χ3n) is 1.89. The zero-order chi connectivity index (χ0) is 13.2. The fraction of sp³-hybridized carbons (Fsp3) is 0.182. The molecule has 0 fully saturated rings. The highest BCUT2D eigenvalue weighted by atomic mass is 79.9. The van der Waals surface area contributed by atoms with E-state index >= 15 is 0 Å². The summed E-state index contributed by atoms with van der Waals surface area (Å²) < 4.78 is 8.60. The molecule has 0 atom stereocenters. The lowest BCUT2D eigenvalue weighted by molar-refractivity contribution is -0.140. The van der Waals surface area contributed by atoms with Gasteiger partial charge in [-0.15, -0.1) is 0 Å². The third-order valence-corrected chi connectivity index (χ3v) is 6.63. The molecule has 0 aliphatic heterocycles. The third kappa shape index (κ3) is 3.91. The minimum absolute atomic E-state index is 0.191. The summed E-state index contributed by atoms with van der Waals surface area (Å²) in [5.74, 6) is -0.396. The first-order chi connectivity index (χ1) is 7.84. The van der Waals surface area contributed by atoms with Gasteiger partial charge in [-0.2, -0.15) is 0 Å². The van der Waals surface area contributed by atoms with E-state index in [-0.39, 0.29) is 6.61 Å². The first kappa shape index (κ1) is 15.4. The Labute approximate surface area is 133 Å². The largest absolute Gasteiger partial charge is 0.457 e. The molecule has 92 valence electrons. The molecule has 0 N–H and O–H groups in total. The van der Waals surface area contributed by atoms with Crippen LogP contribution in [0.5, 0.6) is 0 Å². The summed E-state index contributed by atoms with van der Waals surface area (Å²) in [6.07, 6.45) is 0. The minimum atomic E-state index is -0.396. The van der Waals surface area contributed by atoms with E-state index in [9.17, 15) is 4.79 Å². The number of ether oxygens (including phenoxy) is 1. The van der Waals surface area contributed by atoms with Crippen molar-refractivity contribution >= 4 is 69.7 Å². The van der Waals surface area contributed by atoms with E-state index in [4.69, 9.17) is 4.74 Å². The number of esters is 1. The molecule has 17 heavy (non-hydrogen) atoms. The van der Waals surface area contributed by atoms with Crippen LogP contribution in [-0.2, 0) is 16.1 Å². The monoisotopic (exact) mass is 488 g/mol. The zero-order valence-corrected chi connectivity index (χ0v) is 15.2. The highest BCUT2D eigenvalue weighted by Crippen LogP contribution is 2.39. The van der Waals surface area contributed by atoms with E-state index in [0.29, 0.717) is 5.57 Å². The molecule has 1 rings (SSSR count).